The van der Waals surface area contributed by atoms with Gasteiger partial charge in [0, 0.05) is 13.0 Å². The van der Waals surface area contributed by atoms with Crippen molar-refractivity contribution >= 4 is 5.91 Å². The molecule has 0 aliphatic carbocycles. The van der Waals surface area contributed by atoms with Gasteiger partial charge < -0.3 is 10.1 Å². The minimum absolute atomic E-state index is 0.0476. The van der Waals surface area contributed by atoms with E-state index in [0.717, 1.165) is 31.4 Å². The van der Waals surface area contributed by atoms with Crippen LogP contribution in [0.5, 0.6) is 0 Å². The highest BCUT2D eigenvalue weighted by atomic mass is 16.5. The van der Waals surface area contributed by atoms with Crippen molar-refractivity contribution in [3.8, 4) is 0 Å². The first-order chi connectivity index (χ1) is 11.8. The third kappa shape index (κ3) is 3.30. The van der Waals surface area contributed by atoms with Crippen LogP contribution in [0.1, 0.15) is 30.9 Å². The van der Waals surface area contributed by atoms with Crippen LogP contribution >= 0.6 is 0 Å². The first-order valence-electron chi connectivity index (χ1n) is 8.55. The van der Waals surface area contributed by atoms with Crippen LogP contribution in [-0.4, -0.2) is 36.9 Å². The van der Waals surface area contributed by atoms with Gasteiger partial charge in [-0.2, -0.15) is 5.53 Å². The van der Waals surface area contributed by atoms with Gasteiger partial charge in [-0.1, -0.05) is 30.3 Å². The van der Waals surface area contributed by atoms with Crippen molar-refractivity contribution in [2.24, 2.45) is 0 Å². The molecule has 3 fully saturated rings. The normalized spacial score (nSPS) is 36.1. The summed E-state index contributed by atoms with van der Waals surface area (Å²) >= 11 is 0. The number of hydrazine groups is 3. The Morgan fingerprint density at radius 1 is 1.12 bits per heavy atom. The summed E-state index contributed by atoms with van der Waals surface area (Å²) in [5.41, 5.74) is 16.4. The van der Waals surface area contributed by atoms with E-state index >= 15 is 0 Å². The lowest BCUT2D eigenvalue weighted by Gasteiger charge is -2.20. The number of nitrogens with one attached hydrogen (secondary N) is 6. The van der Waals surface area contributed by atoms with Gasteiger partial charge in [0.05, 0.1) is 24.4 Å². The molecule has 0 saturated carbocycles. The summed E-state index contributed by atoms with van der Waals surface area (Å²) < 4.78 is 5.72. The van der Waals surface area contributed by atoms with Crippen molar-refractivity contribution in [3.05, 3.63) is 35.9 Å². The fourth-order valence-corrected chi connectivity index (χ4v) is 3.62. The molecule has 8 nitrogen and oxygen atoms in total. The van der Waals surface area contributed by atoms with Gasteiger partial charge in [-0.25, -0.2) is 16.3 Å². The molecule has 3 aliphatic rings. The van der Waals surface area contributed by atoms with E-state index in [0.29, 0.717) is 0 Å². The number of hydrogen-bond acceptors (Lipinski definition) is 7. The second kappa shape index (κ2) is 7.14. The highest BCUT2D eigenvalue weighted by Crippen LogP contribution is 2.21. The summed E-state index contributed by atoms with van der Waals surface area (Å²) in [6.45, 7) is 0.835. The quantitative estimate of drug-likeness (QED) is 0.429. The van der Waals surface area contributed by atoms with Crippen molar-refractivity contribution in [1.82, 2.24) is 32.6 Å². The predicted molar refractivity (Wildman–Crippen MR) is 88.0 cm³/mol. The predicted octanol–water partition coefficient (Wildman–Crippen LogP) is -0.803. The molecule has 6 N–H and O–H groups in total. The van der Waals surface area contributed by atoms with Gasteiger partial charge in [0.25, 0.3) is 0 Å². The van der Waals surface area contributed by atoms with Crippen LogP contribution in [0, 0.1) is 0 Å². The second-order valence-electron chi connectivity index (χ2n) is 6.52. The van der Waals surface area contributed by atoms with Crippen LogP contribution in [0.2, 0.25) is 0 Å². The van der Waals surface area contributed by atoms with Gasteiger partial charge >= 0.3 is 0 Å². The molecule has 4 rings (SSSR count). The minimum Gasteiger partial charge on any atom is -0.377 e. The molecule has 0 spiro atoms. The van der Waals surface area contributed by atoms with Gasteiger partial charge in [0.1, 0.15) is 6.04 Å². The van der Waals surface area contributed by atoms with Crippen molar-refractivity contribution < 1.29 is 9.53 Å². The first-order valence-corrected chi connectivity index (χ1v) is 8.55. The highest BCUT2D eigenvalue weighted by Gasteiger charge is 2.37. The van der Waals surface area contributed by atoms with Crippen LogP contribution in [0.15, 0.2) is 30.3 Å². The molecule has 0 radical (unpaired) electrons. The van der Waals surface area contributed by atoms with E-state index in [1.165, 1.54) is 0 Å². The Bertz CT molecular complexity index is 565. The number of carbonyl (C=O) groups is 1. The second-order valence-corrected chi connectivity index (χ2v) is 6.52. The molecule has 130 valence electrons. The monoisotopic (exact) mass is 332 g/mol. The van der Waals surface area contributed by atoms with Gasteiger partial charge in [-0.05, 0) is 18.4 Å². The third-order valence-corrected chi connectivity index (χ3v) is 4.89. The molecule has 3 aliphatic heterocycles. The smallest absolute Gasteiger partial charge is 0.241 e. The van der Waals surface area contributed by atoms with E-state index < -0.39 is 0 Å². The maximum atomic E-state index is 12.7. The first kappa shape index (κ1) is 15.9. The van der Waals surface area contributed by atoms with E-state index in [-0.39, 0.29) is 36.3 Å². The molecule has 3 saturated heterocycles. The van der Waals surface area contributed by atoms with Gasteiger partial charge in [-0.15, -0.1) is 0 Å². The van der Waals surface area contributed by atoms with Crippen LogP contribution in [0.25, 0.3) is 0 Å². The number of rotatable bonds is 4. The molecule has 1 aromatic carbocycles. The molecule has 24 heavy (non-hydrogen) atoms. The minimum atomic E-state index is -0.379. The molecular formula is C16H24N6O2. The molecule has 3 heterocycles. The Hall–Kier alpha value is -1.55. The lowest BCUT2D eigenvalue weighted by Crippen LogP contribution is -2.52. The molecule has 0 aromatic heterocycles. The fourth-order valence-electron chi connectivity index (χ4n) is 3.62. The molecule has 1 aromatic rings. The van der Waals surface area contributed by atoms with Crippen molar-refractivity contribution in [2.45, 2.75) is 49.7 Å². The van der Waals surface area contributed by atoms with Crippen LogP contribution in [-0.2, 0) is 9.53 Å². The number of carbonyl (C=O) groups excluding carboxylic acids is 1. The maximum absolute atomic E-state index is 12.7. The Balaban J connectivity index is 1.34. The van der Waals surface area contributed by atoms with Crippen LogP contribution in [0.3, 0.4) is 0 Å². The molecule has 8 heteroatoms. The van der Waals surface area contributed by atoms with E-state index in [4.69, 9.17) is 4.74 Å². The largest absolute Gasteiger partial charge is 0.377 e. The zero-order chi connectivity index (χ0) is 16.4. The average Bonchev–Trinajstić information content (AvgIpc) is 3.36. The van der Waals surface area contributed by atoms with E-state index in [1.807, 2.05) is 30.3 Å². The lowest BCUT2D eigenvalue weighted by molar-refractivity contribution is -0.124. The van der Waals surface area contributed by atoms with E-state index in [9.17, 15) is 4.79 Å². The fraction of sp³-hybridized carbons (Fsp3) is 0.562. The van der Waals surface area contributed by atoms with Gasteiger partial charge in [0.15, 0.2) is 0 Å². The summed E-state index contributed by atoms with van der Waals surface area (Å²) in [5.74, 6) is -0.0476. The standard InChI is InChI=1S/C16H24N6O2/c23-16(15-14(20-22-21-15)10-5-2-1-3-6-10)17-13-9-11(18-19-13)12-7-4-8-24-12/h1-3,5-6,11-15,18-22H,4,7-9H2,(H,17,23). The zero-order valence-corrected chi connectivity index (χ0v) is 13.4. The Morgan fingerprint density at radius 3 is 2.79 bits per heavy atom. The van der Waals surface area contributed by atoms with E-state index in [1.54, 1.807) is 0 Å². The van der Waals surface area contributed by atoms with E-state index in [2.05, 4.69) is 32.6 Å². The summed E-state index contributed by atoms with van der Waals surface area (Å²) in [6.07, 6.45) is 3.16. The SMILES string of the molecule is O=C(NC1CC(C2CCCO2)NN1)C1NNNC1c1ccccc1. The summed E-state index contributed by atoms with van der Waals surface area (Å²) in [7, 11) is 0. The van der Waals surface area contributed by atoms with Crippen molar-refractivity contribution in [2.75, 3.05) is 6.61 Å². The average molecular weight is 332 g/mol. The number of benzene rings is 1. The molecule has 1 amide bonds. The zero-order valence-electron chi connectivity index (χ0n) is 13.4. The lowest BCUT2D eigenvalue weighted by atomic mass is 10.00. The van der Waals surface area contributed by atoms with Crippen LogP contribution < -0.4 is 32.6 Å². The Morgan fingerprint density at radius 2 is 2.00 bits per heavy atom. The summed E-state index contributed by atoms with van der Waals surface area (Å²) in [6, 6.07) is 9.68. The van der Waals surface area contributed by atoms with Gasteiger partial charge in [0.2, 0.25) is 5.91 Å². The summed E-state index contributed by atoms with van der Waals surface area (Å²) in [4.78, 5) is 12.7. The topological polar surface area (TPSA) is 98.5 Å². The number of hydrogen-bond donors (Lipinski definition) is 6. The summed E-state index contributed by atoms with van der Waals surface area (Å²) in [5, 5.41) is 3.06. The van der Waals surface area contributed by atoms with Crippen molar-refractivity contribution in [3.63, 3.8) is 0 Å². The number of amides is 1. The maximum Gasteiger partial charge on any atom is 0.241 e. The molecular weight excluding hydrogens is 308 g/mol. The van der Waals surface area contributed by atoms with Crippen LogP contribution in [0.4, 0.5) is 0 Å². The Labute approximate surface area is 141 Å². The highest BCUT2D eigenvalue weighted by molar-refractivity contribution is 5.83. The molecule has 5 unspecified atom stereocenters. The third-order valence-electron chi connectivity index (χ3n) is 4.89. The molecule has 0 bridgehead atoms. The van der Waals surface area contributed by atoms with Gasteiger partial charge in [-0.3, -0.25) is 10.2 Å². The number of ether oxygens (including phenoxy) is 1. The molecule has 5 atom stereocenters. The Kier molecular flexibility index (Phi) is 4.74. The van der Waals surface area contributed by atoms with Crippen molar-refractivity contribution in [1.29, 1.82) is 0 Å².